The number of amides is 1. The molecule has 18 heavy (non-hydrogen) atoms. The third kappa shape index (κ3) is 9.95. The minimum atomic E-state index is -0.870. The van der Waals surface area contributed by atoms with Gasteiger partial charge in [0.15, 0.2) is 0 Å². The van der Waals surface area contributed by atoms with E-state index in [0.717, 1.165) is 0 Å². The number of esters is 1. The second-order valence-corrected chi connectivity index (χ2v) is 5.18. The molecule has 2 N–H and O–H groups in total. The Morgan fingerprint density at radius 2 is 2.06 bits per heavy atom. The molecule has 7 heteroatoms. The van der Waals surface area contributed by atoms with Crippen molar-refractivity contribution in [3.8, 4) is 0 Å². The molecule has 0 radical (unpaired) electrons. The molecule has 104 valence electrons. The van der Waals surface area contributed by atoms with Crippen LogP contribution in [0.2, 0.25) is 0 Å². The molecule has 0 bridgehead atoms. The van der Waals surface area contributed by atoms with Crippen LogP contribution in [-0.4, -0.2) is 47.6 Å². The second-order valence-electron chi connectivity index (χ2n) is 3.75. The van der Waals surface area contributed by atoms with Crippen LogP contribution in [0, 0.1) is 0 Å². The Labute approximate surface area is 110 Å². The van der Waals surface area contributed by atoms with Crippen molar-refractivity contribution in [2.24, 2.45) is 0 Å². The number of methoxy groups -OCH3 is 1. The van der Waals surface area contributed by atoms with E-state index < -0.39 is 5.97 Å². The molecule has 0 saturated carbocycles. The van der Waals surface area contributed by atoms with Crippen LogP contribution in [0.5, 0.6) is 0 Å². The summed E-state index contributed by atoms with van der Waals surface area (Å²) in [7, 11) is 1.33. The lowest BCUT2D eigenvalue weighted by atomic mass is 10.3. The van der Waals surface area contributed by atoms with Gasteiger partial charge >= 0.3 is 11.9 Å². The van der Waals surface area contributed by atoms with Gasteiger partial charge in [-0.2, -0.15) is 0 Å². The molecule has 0 aromatic carbocycles. The molecule has 0 heterocycles. The predicted octanol–water partition coefficient (Wildman–Crippen LogP) is 0.652. The largest absolute Gasteiger partial charge is 0.481 e. The van der Waals surface area contributed by atoms with E-state index in [0.29, 0.717) is 13.0 Å². The lowest BCUT2D eigenvalue weighted by molar-refractivity contribution is -0.140. The minimum Gasteiger partial charge on any atom is -0.481 e. The van der Waals surface area contributed by atoms with E-state index in [9.17, 15) is 14.4 Å². The molecule has 6 nitrogen and oxygen atoms in total. The van der Waals surface area contributed by atoms with Crippen LogP contribution < -0.4 is 5.32 Å². The molecule has 0 aliphatic heterocycles. The van der Waals surface area contributed by atoms with E-state index >= 15 is 0 Å². The average Bonchev–Trinajstić information content (AvgIpc) is 2.31. The standard InChI is InChI=1S/C11H19NO5S/c1-8(6-11(16)17-2)18-7-9(13)12-5-3-4-10(14)15/h8H,3-7H2,1-2H3,(H,12,13)(H,14,15). The maximum atomic E-state index is 11.4. The zero-order valence-electron chi connectivity index (χ0n) is 10.6. The number of nitrogens with one attached hydrogen (secondary N) is 1. The van der Waals surface area contributed by atoms with Crippen molar-refractivity contribution < 1.29 is 24.2 Å². The highest BCUT2D eigenvalue weighted by molar-refractivity contribution is 8.00. The number of ether oxygens (including phenoxy) is 1. The highest BCUT2D eigenvalue weighted by Gasteiger charge is 2.11. The molecule has 0 aliphatic carbocycles. The summed E-state index contributed by atoms with van der Waals surface area (Å²) in [6, 6.07) is 0. The molecule has 0 aromatic rings. The number of rotatable bonds is 9. The van der Waals surface area contributed by atoms with Gasteiger partial charge in [-0.3, -0.25) is 14.4 Å². The van der Waals surface area contributed by atoms with E-state index in [4.69, 9.17) is 5.11 Å². The predicted molar refractivity (Wildman–Crippen MR) is 68.4 cm³/mol. The fourth-order valence-corrected chi connectivity index (χ4v) is 1.91. The summed E-state index contributed by atoms with van der Waals surface area (Å²) in [6.07, 6.45) is 0.739. The van der Waals surface area contributed by atoms with Crippen molar-refractivity contribution in [3.05, 3.63) is 0 Å². The summed E-state index contributed by atoms with van der Waals surface area (Å²) in [4.78, 5) is 32.5. The lowest BCUT2D eigenvalue weighted by Crippen LogP contribution is -2.27. The van der Waals surface area contributed by atoms with Gasteiger partial charge in [-0.1, -0.05) is 6.92 Å². The van der Waals surface area contributed by atoms with Gasteiger partial charge in [-0.25, -0.2) is 0 Å². The van der Waals surface area contributed by atoms with Crippen LogP contribution in [-0.2, 0) is 19.1 Å². The fourth-order valence-electron chi connectivity index (χ4n) is 1.11. The molecule has 0 aromatic heterocycles. The molecule has 1 atom stereocenters. The second kappa shape index (κ2) is 9.76. The monoisotopic (exact) mass is 277 g/mol. The van der Waals surface area contributed by atoms with Crippen LogP contribution in [0.15, 0.2) is 0 Å². The first-order valence-corrected chi connectivity index (χ1v) is 6.67. The Hall–Kier alpha value is -1.24. The van der Waals surface area contributed by atoms with Crippen molar-refractivity contribution in [2.45, 2.75) is 31.4 Å². The molecular formula is C11H19NO5S. The summed E-state index contributed by atoms with van der Waals surface area (Å²) in [6.45, 7) is 2.20. The quantitative estimate of drug-likeness (QED) is 0.475. The van der Waals surface area contributed by atoms with Crippen LogP contribution in [0.4, 0.5) is 0 Å². The van der Waals surface area contributed by atoms with Gasteiger partial charge in [0.05, 0.1) is 19.3 Å². The highest BCUT2D eigenvalue weighted by Crippen LogP contribution is 2.13. The van der Waals surface area contributed by atoms with Gasteiger partial charge in [-0.05, 0) is 6.42 Å². The van der Waals surface area contributed by atoms with Crippen molar-refractivity contribution >= 4 is 29.6 Å². The van der Waals surface area contributed by atoms with E-state index in [-0.39, 0.29) is 35.7 Å². The third-order valence-corrected chi connectivity index (χ3v) is 3.23. The van der Waals surface area contributed by atoms with Gasteiger partial charge in [0, 0.05) is 18.2 Å². The number of carboxylic acid groups (broad SMARTS) is 1. The third-order valence-electron chi connectivity index (χ3n) is 2.07. The fraction of sp³-hybridized carbons (Fsp3) is 0.727. The number of carbonyl (C=O) groups excluding carboxylic acids is 2. The van der Waals surface area contributed by atoms with Gasteiger partial charge < -0.3 is 15.2 Å². The lowest BCUT2D eigenvalue weighted by Gasteiger charge is -2.09. The summed E-state index contributed by atoms with van der Waals surface area (Å²) in [5.41, 5.74) is 0. The number of hydrogen-bond donors (Lipinski definition) is 2. The summed E-state index contributed by atoms with van der Waals surface area (Å²) in [5, 5.41) is 11.0. The first kappa shape index (κ1) is 16.8. The van der Waals surface area contributed by atoms with Gasteiger partial charge in [0.1, 0.15) is 0 Å². The number of aliphatic carboxylic acids is 1. The number of hydrogen-bond acceptors (Lipinski definition) is 5. The Kier molecular flexibility index (Phi) is 9.08. The molecule has 0 spiro atoms. The molecule has 0 saturated heterocycles. The SMILES string of the molecule is COC(=O)CC(C)SCC(=O)NCCCC(=O)O. The molecule has 0 aliphatic rings. The maximum absolute atomic E-state index is 11.4. The van der Waals surface area contributed by atoms with Crippen molar-refractivity contribution in [3.63, 3.8) is 0 Å². The summed E-state index contributed by atoms with van der Waals surface area (Å²) >= 11 is 1.36. The summed E-state index contributed by atoms with van der Waals surface area (Å²) < 4.78 is 4.52. The number of carbonyl (C=O) groups is 3. The highest BCUT2D eigenvalue weighted by atomic mass is 32.2. The average molecular weight is 277 g/mol. The number of carboxylic acids is 1. The van der Waals surface area contributed by atoms with E-state index in [1.807, 2.05) is 6.92 Å². The molecule has 0 fully saturated rings. The van der Waals surface area contributed by atoms with E-state index in [1.54, 1.807) is 0 Å². The normalized spacial score (nSPS) is 11.7. The van der Waals surface area contributed by atoms with Crippen molar-refractivity contribution in [1.29, 1.82) is 0 Å². The maximum Gasteiger partial charge on any atom is 0.306 e. The topological polar surface area (TPSA) is 92.7 Å². The zero-order chi connectivity index (χ0) is 14.0. The van der Waals surface area contributed by atoms with Gasteiger partial charge in [0.25, 0.3) is 0 Å². The zero-order valence-corrected chi connectivity index (χ0v) is 11.4. The molecule has 1 amide bonds. The van der Waals surface area contributed by atoms with Crippen molar-refractivity contribution in [1.82, 2.24) is 5.32 Å². The molecule has 1 unspecified atom stereocenters. The first-order valence-electron chi connectivity index (χ1n) is 5.62. The van der Waals surface area contributed by atoms with Crippen molar-refractivity contribution in [2.75, 3.05) is 19.4 Å². The first-order chi connectivity index (χ1) is 8.45. The Morgan fingerprint density at radius 3 is 2.61 bits per heavy atom. The van der Waals surface area contributed by atoms with E-state index in [1.165, 1.54) is 18.9 Å². The minimum absolute atomic E-state index is 0.0159. The number of thioether (sulfide) groups is 1. The van der Waals surface area contributed by atoms with Crippen LogP contribution in [0.1, 0.15) is 26.2 Å². The van der Waals surface area contributed by atoms with Crippen LogP contribution in [0.25, 0.3) is 0 Å². The van der Waals surface area contributed by atoms with Crippen LogP contribution >= 0.6 is 11.8 Å². The molecule has 0 rings (SSSR count). The van der Waals surface area contributed by atoms with Gasteiger partial charge in [0.2, 0.25) is 5.91 Å². The van der Waals surface area contributed by atoms with Gasteiger partial charge in [-0.15, -0.1) is 11.8 Å². The smallest absolute Gasteiger partial charge is 0.306 e. The Bertz CT molecular complexity index is 295. The van der Waals surface area contributed by atoms with Crippen LogP contribution in [0.3, 0.4) is 0 Å². The summed E-state index contributed by atoms with van der Waals surface area (Å²) in [5.74, 6) is -1.06. The van der Waals surface area contributed by atoms with E-state index in [2.05, 4.69) is 10.1 Å². The Morgan fingerprint density at radius 1 is 1.39 bits per heavy atom. The molecular weight excluding hydrogens is 258 g/mol. The Balaban J connectivity index is 3.57.